The van der Waals surface area contributed by atoms with E-state index in [-0.39, 0.29) is 17.7 Å². The van der Waals surface area contributed by atoms with Gasteiger partial charge in [0.2, 0.25) is 11.9 Å². The molecule has 3 amide bonds. The first-order chi connectivity index (χ1) is 19.4. The van der Waals surface area contributed by atoms with Gasteiger partial charge in [-0.3, -0.25) is 19.7 Å². The molecule has 1 N–H and O–H groups in total. The highest BCUT2D eigenvalue weighted by molar-refractivity contribution is 6.07. The van der Waals surface area contributed by atoms with Gasteiger partial charge in [0.1, 0.15) is 0 Å². The summed E-state index contributed by atoms with van der Waals surface area (Å²) >= 11 is 0. The van der Waals surface area contributed by atoms with Gasteiger partial charge in [-0.1, -0.05) is 42.5 Å². The predicted octanol–water partition coefficient (Wildman–Crippen LogP) is 5.61. The molecule has 8 heteroatoms. The average Bonchev–Trinajstić information content (AvgIpc) is 3.55. The molecule has 1 fully saturated rings. The molecule has 40 heavy (non-hydrogen) atoms. The number of allylic oxidation sites excluding steroid dienone is 1. The zero-order valence-corrected chi connectivity index (χ0v) is 22.8. The van der Waals surface area contributed by atoms with Gasteiger partial charge in [-0.05, 0) is 67.8 Å². The molecule has 0 atom stereocenters. The first-order valence-electron chi connectivity index (χ1n) is 13.6. The van der Waals surface area contributed by atoms with E-state index in [1.807, 2.05) is 77.1 Å². The zero-order valence-electron chi connectivity index (χ0n) is 22.8. The third kappa shape index (κ3) is 5.81. The molecule has 0 unspecified atom stereocenters. The molecule has 4 aromatic rings. The Hall–Kier alpha value is -4.72. The number of aromatic nitrogens is 2. The number of hydrogen-bond acceptors (Lipinski definition) is 4. The van der Waals surface area contributed by atoms with Crippen molar-refractivity contribution in [2.24, 2.45) is 0 Å². The van der Waals surface area contributed by atoms with E-state index in [4.69, 9.17) is 4.98 Å². The van der Waals surface area contributed by atoms with Gasteiger partial charge >= 0.3 is 0 Å². The smallest absolute Gasteiger partial charge is 0.258 e. The van der Waals surface area contributed by atoms with Crippen LogP contribution in [0, 0.1) is 0 Å². The molecular weight excluding hydrogens is 502 g/mol. The quantitative estimate of drug-likeness (QED) is 0.302. The molecular formula is C32H33N5O3. The van der Waals surface area contributed by atoms with Crippen molar-refractivity contribution in [3.63, 3.8) is 0 Å². The SMILES string of the molecule is CC=Cc1ccc(C(=O)Nc2nc3cc(N(C)C(=O)c4ccccc4)ccc3n2CCCN2CCCC2=O)cc1. The van der Waals surface area contributed by atoms with Crippen molar-refractivity contribution < 1.29 is 14.4 Å². The van der Waals surface area contributed by atoms with Crippen LogP contribution in [-0.2, 0) is 11.3 Å². The highest BCUT2D eigenvalue weighted by Crippen LogP contribution is 2.27. The van der Waals surface area contributed by atoms with Crippen LogP contribution in [0.2, 0.25) is 0 Å². The summed E-state index contributed by atoms with van der Waals surface area (Å²) in [5.74, 6) is 0.250. The summed E-state index contributed by atoms with van der Waals surface area (Å²) in [7, 11) is 1.74. The van der Waals surface area contributed by atoms with Crippen LogP contribution in [0.4, 0.5) is 11.6 Å². The fourth-order valence-corrected chi connectivity index (χ4v) is 5.01. The molecule has 8 nitrogen and oxygen atoms in total. The minimum atomic E-state index is -0.255. The van der Waals surface area contributed by atoms with Gasteiger partial charge in [-0.15, -0.1) is 0 Å². The van der Waals surface area contributed by atoms with E-state index in [9.17, 15) is 14.4 Å². The van der Waals surface area contributed by atoms with Crippen LogP contribution in [0.25, 0.3) is 17.1 Å². The van der Waals surface area contributed by atoms with Gasteiger partial charge in [0, 0.05) is 49.9 Å². The van der Waals surface area contributed by atoms with Crippen molar-refractivity contribution in [1.29, 1.82) is 0 Å². The Morgan fingerprint density at radius 1 is 1.00 bits per heavy atom. The fraction of sp³-hybridized carbons (Fsp3) is 0.250. The van der Waals surface area contributed by atoms with E-state index in [0.717, 1.165) is 30.5 Å². The number of rotatable bonds is 9. The zero-order chi connectivity index (χ0) is 28.1. The number of carbonyl (C=O) groups is 3. The number of hydrogen-bond donors (Lipinski definition) is 1. The highest BCUT2D eigenvalue weighted by atomic mass is 16.2. The van der Waals surface area contributed by atoms with Gasteiger partial charge in [0.25, 0.3) is 11.8 Å². The average molecular weight is 536 g/mol. The van der Waals surface area contributed by atoms with Crippen LogP contribution < -0.4 is 10.2 Å². The maximum atomic E-state index is 13.2. The van der Waals surface area contributed by atoms with Crippen LogP contribution in [0.1, 0.15) is 52.5 Å². The second-order valence-electron chi connectivity index (χ2n) is 9.90. The molecule has 3 aromatic carbocycles. The largest absolute Gasteiger partial charge is 0.343 e. The highest BCUT2D eigenvalue weighted by Gasteiger charge is 2.21. The van der Waals surface area contributed by atoms with E-state index in [0.29, 0.717) is 47.8 Å². The van der Waals surface area contributed by atoms with Crippen molar-refractivity contribution in [3.05, 3.63) is 95.6 Å². The summed E-state index contributed by atoms with van der Waals surface area (Å²) in [6.07, 6.45) is 6.17. The lowest BCUT2D eigenvalue weighted by Crippen LogP contribution is -2.26. The third-order valence-corrected chi connectivity index (χ3v) is 7.18. The molecule has 0 bridgehead atoms. The predicted molar refractivity (Wildman–Crippen MR) is 158 cm³/mol. The molecule has 1 aliphatic heterocycles. The summed E-state index contributed by atoms with van der Waals surface area (Å²) in [6.45, 7) is 3.98. The number of fused-ring (bicyclic) bond motifs is 1. The maximum absolute atomic E-state index is 13.2. The van der Waals surface area contributed by atoms with Crippen LogP contribution in [0.5, 0.6) is 0 Å². The fourth-order valence-electron chi connectivity index (χ4n) is 5.01. The summed E-state index contributed by atoms with van der Waals surface area (Å²) in [5.41, 5.74) is 4.36. The van der Waals surface area contributed by atoms with Gasteiger partial charge in [0.15, 0.2) is 0 Å². The van der Waals surface area contributed by atoms with Crippen LogP contribution in [0.15, 0.2) is 78.9 Å². The topological polar surface area (TPSA) is 87.5 Å². The second kappa shape index (κ2) is 12.0. The molecule has 5 rings (SSSR count). The van der Waals surface area contributed by atoms with E-state index < -0.39 is 0 Å². The number of benzene rings is 3. The van der Waals surface area contributed by atoms with Gasteiger partial charge in [-0.2, -0.15) is 0 Å². The minimum absolute atomic E-state index is 0.121. The molecule has 1 saturated heterocycles. The van der Waals surface area contributed by atoms with Crippen molar-refractivity contribution >= 4 is 46.5 Å². The number of nitrogens with zero attached hydrogens (tertiary/aromatic N) is 4. The first kappa shape index (κ1) is 26.9. The first-order valence-corrected chi connectivity index (χ1v) is 13.6. The van der Waals surface area contributed by atoms with Crippen molar-refractivity contribution in [2.75, 3.05) is 30.4 Å². The molecule has 1 aromatic heterocycles. The molecule has 0 aliphatic carbocycles. The van der Waals surface area contributed by atoms with Gasteiger partial charge < -0.3 is 14.4 Å². The Labute approximate surface area is 233 Å². The number of carbonyl (C=O) groups excluding carboxylic acids is 3. The minimum Gasteiger partial charge on any atom is -0.343 e. The number of nitrogens with one attached hydrogen (secondary N) is 1. The van der Waals surface area contributed by atoms with Crippen molar-refractivity contribution in [1.82, 2.24) is 14.5 Å². The molecule has 0 saturated carbocycles. The van der Waals surface area contributed by atoms with E-state index in [1.54, 1.807) is 36.2 Å². The summed E-state index contributed by atoms with van der Waals surface area (Å²) in [4.78, 5) is 46.5. The number of likely N-dealkylation sites (tertiary alicyclic amines) is 1. The Kier molecular flexibility index (Phi) is 8.05. The second-order valence-corrected chi connectivity index (χ2v) is 9.90. The monoisotopic (exact) mass is 535 g/mol. The van der Waals surface area contributed by atoms with Gasteiger partial charge in [-0.25, -0.2) is 4.98 Å². The lowest BCUT2D eigenvalue weighted by atomic mass is 10.1. The van der Waals surface area contributed by atoms with Crippen molar-refractivity contribution in [3.8, 4) is 0 Å². The van der Waals surface area contributed by atoms with E-state index >= 15 is 0 Å². The number of aryl methyl sites for hydroxylation is 1. The standard InChI is InChI=1S/C32H33N5O3/c1-3-9-23-13-15-24(16-14-23)30(39)34-32-33-27-22-26(35(2)31(40)25-10-5-4-6-11-25)17-18-28(27)37(32)21-8-20-36-19-7-12-29(36)38/h3-6,9-11,13-18,22H,7-8,12,19-21H2,1-2H3,(H,33,34,39). The Morgan fingerprint density at radius 2 is 1.77 bits per heavy atom. The maximum Gasteiger partial charge on any atom is 0.258 e. The van der Waals surface area contributed by atoms with Gasteiger partial charge in [0.05, 0.1) is 11.0 Å². The normalized spacial score (nSPS) is 13.3. The lowest BCUT2D eigenvalue weighted by Gasteiger charge is -2.18. The van der Waals surface area contributed by atoms with E-state index in [1.165, 1.54) is 0 Å². The summed E-state index contributed by atoms with van der Waals surface area (Å²) < 4.78 is 1.98. The Bertz CT molecular complexity index is 1560. The molecule has 0 radical (unpaired) electrons. The molecule has 2 heterocycles. The summed E-state index contributed by atoms with van der Waals surface area (Å²) in [5, 5.41) is 2.99. The molecule has 0 spiro atoms. The Morgan fingerprint density at radius 3 is 2.48 bits per heavy atom. The third-order valence-electron chi connectivity index (χ3n) is 7.18. The Balaban J connectivity index is 1.42. The number of amides is 3. The molecule has 204 valence electrons. The van der Waals surface area contributed by atoms with Crippen LogP contribution in [-0.4, -0.2) is 52.3 Å². The van der Waals surface area contributed by atoms with Crippen LogP contribution in [0.3, 0.4) is 0 Å². The lowest BCUT2D eigenvalue weighted by molar-refractivity contribution is -0.127. The number of imidazole rings is 1. The molecule has 1 aliphatic rings. The number of anilines is 2. The van der Waals surface area contributed by atoms with Crippen LogP contribution >= 0.6 is 0 Å². The summed E-state index contributed by atoms with van der Waals surface area (Å²) in [6, 6.07) is 22.2. The van der Waals surface area contributed by atoms with E-state index in [2.05, 4.69) is 5.32 Å². The van der Waals surface area contributed by atoms with Crippen molar-refractivity contribution in [2.45, 2.75) is 32.7 Å².